The summed E-state index contributed by atoms with van der Waals surface area (Å²) in [5.74, 6) is 0.510. The smallest absolute Gasteiger partial charge is 0.257 e. The molecule has 1 amide bonds. The molecular formula is C14H17N7OS. The van der Waals surface area contributed by atoms with E-state index < -0.39 is 0 Å². The van der Waals surface area contributed by atoms with Gasteiger partial charge in [0.1, 0.15) is 5.69 Å². The van der Waals surface area contributed by atoms with Crippen LogP contribution in [0, 0.1) is 0 Å². The quantitative estimate of drug-likeness (QED) is 0.765. The molecule has 0 saturated carbocycles. The zero-order valence-corrected chi connectivity index (χ0v) is 13.9. The van der Waals surface area contributed by atoms with Gasteiger partial charge in [-0.1, -0.05) is 18.2 Å². The maximum Gasteiger partial charge on any atom is 0.257 e. The molecule has 3 heterocycles. The van der Waals surface area contributed by atoms with Crippen LogP contribution in [0.25, 0.3) is 10.6 Å². The number of carbonyl (C=O) groups excluding carboxylic acids is 1. The number of hydrogen-bond donors (Lipinski definition) is 1. The van der Waals surface area contributed by atoms with Gasteiger partial charge in [0.05, 0.1) is 10.4 Å². The fraction of sp³-hybridized carbons (Fsp3) is 0.357. The maximum atomic E-state index is 12.8. The average molecular weight is 331 g/mol. The van der Waals surface area contributed by atoms with Crippen LogP contribution in [0.5, 0.6) is 0 Å². The van der Waals surface area contributed by atoms with E-state index >= 15 is 0 Å². The zero-order valence-electron chi connectivity index (χ0n) is 13.1. The second-order valence-electron chi connectivity index (χ2n) is 5.40. The Hall–Kier alpha value is -2.55. The van der Waals surface area contributed by atoms with E-state index in [0.29, 0.717) is 23.6 Å². The maximum absolute atomic E-state index is 12.8. The van der Waals surface area contributed by atoms with Gasteiger partial charge in [-0.3, -0.25) is 9.48 Å². The van der Waals surface area contributed by atoms with Crippen molar-refractivity contribution in [2.24, 2.45) is 7.05 Å². The van der Waals surface area contributed by atoms with Crippen molar-refractivity contribution in [1.82, 2.24) is 35.3 Å². The molecule has 0 radical (unpaired) electrons. The van der Waals surface area contributed by atoms with E-state index in [1.165, 1.54) is 0 Å². The number of thiophene rings is 1. The van der Waals surface area contributed by atoms with Crippen molar-refractivity contribution in [3.63, 3.8) is 0 Å². The Morgan fingerprint density at radius 2 is 2.35 bits per heavy atom. The molecule has 0 aromatic carbocycles. The molecule has 120 valence electrons. The van der Waals surface area contributed by atoms with Gasteiger partial charge in [0.25, 0.3) is 5.91 Å². The first-order valence-corrected chi connectivity index (χ1v) is 8.00. The van der Waals surface area contributed by atoms with Gasteiger partial charge in [-0.15, -0.1) is 21.5 Å². The van der Waals surface area contributed by atoms with Crippen molar-refractivity contribution < 1.29 is 4.79 Å². The first-order valence-electron chi connectivity index (χ1n) is 7.12. The highest BCUT2D eigenvalue weighted by Gasteiger charge is 2.23. The van der Waals surface area contributed by atoms with Gasteiger partial charge in [0.15, 0.2) is 5.82 Å². The van der Waals surface area contributed by atoms with Crippen molar-refractivity contribution in [1.29, 1.82) is 0 Å². The van der Waals surface area contributed by atoms with E-state index in [9.17, 15) is 4.79 Å². The number of tetrazole rings is 1. The molecule has 0 aliphatic heterocycles. The SMILES string of the molecule is C[C@@H](CN(C)C(=O)c1cn(C)nc1-c1cccs1)c1nn[nH]n1. The Balaban J connectivity index is 1.80. The number of nitrogens with one attached hydrogen (secondary N) is 1. The number of hydrogen-bond acceptors (Lipinski definition) is 6. The minimum Gasteiger partial charge on any atom is -0.341 e. The summed E-state index contributed by atoms with van der Waals surface area (Å²) in [5.41, 5.74) is 1.31. The summed E-state index contributed by atoms with van der Waals surface area (Å²) in [6.45, 7) is 2.45. The molecule has 0 aliphatic carbocycles. The zero-order chi connectivity index (χ0) is 16.4. The van der Waals surface area contributed by atoms with E-state index in [4.69, 9.17) is 0 Å². The normalized spacial score (nSPS) is 12.3. The highest BCUT2D eigenvalue weighted by atomic mass is 32.1. The molecule has 1 atom stereocenters. The van der Waals surface area contributed by atoms with Gasteiger partial charge >= 0.3 is 0 Å². The van der Waals surface area contributed by atoms with E-state index in [1.807, 2.05) is 31.5 Å². The third kappa shape index (κ3) is 3.14. The van der Waals surface area contributed by atoms with Crippen LogP contribution in [-0.4, -0.2) is 54.8 Å². The molecule has 8 nitrogen and oxygen atoms in total. The van der Waals surface area contributed by atoms with Crippen molar-refractivity contribution in [2.45, 2.75) is 12.8 Å². The molecule has 1 N–H and O–H groups in total. The Bertz CT molecular complexity index is 778. The topological polar surface area (TPSA) is 92.6 Å². The van der Waals surface area contributed by atoms with E-state index in [2.05, 4.69) is 25.7 Å². The number of H-pyrrole nitrogens is 1. The first kappa shape index (κ1) is 15.3. The lowest BCUT2D eigenvalue weighted by atomic mass is 10.1. The Kier molecular flexibility index (Phi) is 4.20. The molecule has 0 saturated heterocycles. The molecule has 0 aliphatic rings. The summed E-state index contributed by atoms with van der Waals surface area (Å²) in [6.07, 6.45) is 1.76. The number of rotatable bonds is 5. The summed E-state index contributed by atoms with van der Waals surface area (Å²) in [5, 5.41) is 20.3. The Labute approximate surface area is 137 Å². The van der Waals surface area contributed by atoms with Crippen LogP contribution in [-0.2, 0) is 7.05 Å². The molecule has 3 rings (SSSR count). The predicted octanol–water partition coefficient (Wildman–Crippen LogP) is 1.54. The van der Waals surface area contributed by atoms with Crippen LogP contribution in [0.4, 0.5) is 0 Å². The molecule has 0 fully saturated rings. The molecule has 3 aromatic rings. The molecule has 0 spiro atoms. The van der Waals surface area contributed by atoms with Crippen LogP contribution in [0.2, 0.25) is 0 Å². The molecule has 3 aromatic heterocycles. The third-order valence-corrected chi connectivity index (χ3v) is 4.39. The summed E-state index contributed by atoms with van der Waals surface area (Å²) < 4.78 is 1.67. The first-order chi connectivity index (χ1) is 11.1. The lowest BCUT2D eigenvalue weighted by Gasteiger charge is -2.19. The minimum absolute atomic E-state index is 0.00967. The number of aryl methyl sites for hydroxylation is 1. The second-order valence-corrected chi connectivity index (χ2v) is 6.35. The minimum atomic E-state index is -0.0724. The highest BCUT2D eigenvalue weighted by Crippen LogP contribution is 2.27. The van der Waals surface area contributed by atoms with Gasteiger partial charge in [-0.2, -0.15) is 10.3 Å². The molecule has 9 heteroatoms. The number of amides is 1. The second kappa shape index (κ2) is 6.29. The number of aromatic amines is 1. The van der Waals surface area contributed by atoms with Crippen LogP contribution >= 0.6 is 11.3 Å². The number of carbonyl (C=O) groups is 1. The summed E-state index contributed by atoms with van der Waals surface area (Å²) in [6, 6.07) is 3.91. The van der Waals surface area contributed by atoms with E-state index in [-0.39, 0.29) is 11.8 Å². The van der Waals surface area contributed by atoms with Gasteiger partial charge < -0.3 is 4.90 Å². The van der Waals surface area contributed by atoms with Crippen molar-refractivity contribution >= 4 is 17.2 Å². The van der Waals surface area contributed by atoms with Gasteiger partial charge in [-0.05, 0) is 11.4 Å². The highest BCUT2D eigenvalue weighted by molar-refractivity contribution is 7.13. The van der Waals surface area contributed by atoms with Crippen molar-refractivity contribution in [2.75, 3.05) is 13.6 Å². The number of aromatic nitrogens is 6. The molecular weight excluding hydrogens is 314 g/mol. The lowest BCUT2D eigenvalue weighted by molar-refractivity contribution is 0.0788. The Morgan fingerprint density at radius 1 is 1.52 bits per heavy atom. The monoisotopic (exact) mass is 331 g/mol. The van der Waals surface area contributed by atoms with Gasteiger partial charge in [0, 0.05) is 32.8 Å². The van der Waals surface area contributed by atoms with Gasteiger partial charge in [-0.25, -0.2) is 0 Å². The Morgan fingerprint density at radius 3 is 3.00 bits per heavy atom. The van der Waals surface area contributed by atoms with Crippen LogP contribution in [0.3, 0.4) is 0 Å². The van der Waals surface area contributed by atoms with Crippen LogP contribution in [0.1, 0.15) is 29.0 Å². The van der Waals surface area contributed by atoms with Crippen molar-refractivity contribution in [3.05, 3.63) is 35.1 Å². The summed E-state index contributed by atoms with van der Waals surface area (Å²) >= 11 is 1.57. The van der Waals surface area contributed by atoms with E-state index in [0.717, 1.165) is 4.88 Å². The van der Waals surface area contributed by atoms with Crippen molar-refractivity contribution in [3.8, 4) is 10.6 Å². The molecule has 0 unspecified atom stereocenters. The molecule has 0 bridgehead atoms. The third-order valence-electron chi connectivity index (χ3n) is 3.51. The van der Waals surface area contributed by atoms with Crippen LogP contribution in [0.15, 0.2) is 23.7 Å². The van der Waals surface area contributed by atoms with Gasteiger partial charge in [0.2, 0.25) is 0 Å². The number of nitrogens with zero attached hydrogens (tertiary/aromatic N) is 6. The fourth-order valence-corrected chi connectivity index (χ4v) is 3.12. The lowest BCUT2D eigenvalue weighted by Crippen LogP contribution is -2.30. The number of likely N-dealkylation sites (N-methyl/N-ethyl adjacent to an activating group) is 1. The largest absolute Gasteiger partial charge is 0.341 e. The summed E-state index contributed by atoms with van der Waals surface area (Å²) in [4.78, 5) is 15.4. The van der Waals surface area contributed by atoms with E-state index in [1.54, 1.807) is 34.2 Å². The standard InChI is InChI=1S/C14H17N7OS/c1-9(13-15-18-19-16-13)7-20(2)14(22)10-8-21(3)17-12(10)11-5-4-6-23-11/h4-6,8-9H,7H2,1-3H3,(H,15,16,18,19)/t9-/m0/s1. The average Bonchev–Trinajstić information content (AvgIpc) is 3.26. The fourth-order valence-electron chi connectivity index (χ4n) is 2.40. The predicted molar refractivity (Wildman–Crippen MR) is 86.1 cm³/mol. The summed E-state index contributed by atoms with van der Waals surface area (Å²) in [7, 11) is 3.58. The van der Waals surface area contributed by atoms with Crippen LogP contribution < -0.4 is 0 Å². The molecule has 23 heavy (non-hydrogen) atoms.